The Bertz CT molecular complexity index is 1030. The number of hydrogen-bond acceptors (Lipinski definition) is 5. The summed E-state index contributed by atoms with van der Waals surface area (Å²) in [6.07, 6.45) is 4.68. The van der Waals surface area contributed by atoms with Crippen molar-refractivity contribution in [1.82, 2.24) is 14.7 Å². The SMILES string of the molecule is NC(=O)CN(CC(N)=O)C(=O)/C=C/c1cn(-c2ccccc2)nc1-c1cccs1. The summed E-state index contributed by atoms with van der Waals surface area (Å²) in [4.78, 5) is 36.8. The van der Waals surface area contributed by atoms with Crippen molar-refractivity contribution in [3.8, 4) is 16.3 Å². The van der Waals surface area contributed by atoms with Crippen molar-refractivity contribution in [2.45, 2.75) is 0 Å². The molecule has 0 spiro atoms. The van der Waals surface area contributed by atoms with Crippen LogP contribution in [0.3, 0.4) is 0 Å². The summed E-state index contributed by atoms with van der Waals surface area (Å²) in [5.41, 5.74) is 12.6. The second-order valence-corrected chi connectivity index (χ2v) is 7.10. The van der Waals surface area contributed by atoms with Crippen LogP contribution in [0.5, 0.6) is 0 Å². The molecule has 2 aromatic heterocycles. The number of thiophene rings is 1. The molecule has 0 saturated heterocycles. The van der Waals surface area contributed by atoms with Crippen molar-refractivity contribution in [1.29, 1.82) is 0 Å². The average molecular weight is 409 g/mol. The van der Waals surface area contributed by atoms with Gasteiger partial charge in [-0.2, -0.15) is 5.10 Å². The van der Waals surface area contributed by atoms with E-state index in [9.17, 15) is 14.4 Å². The second kappa shape index (κ2) is 8.98. The summed E-state index contributed by atoms with van der Waals surface area (Å²) in [6, 6.07) is 13.4. The number of carbonyl (C=O) groups excluding carboxylic acids is 3. The van der Waals surface area contributed by atoms with E-state index in [0.29, 0.717) is 11.3 Å². The second-order valence-electron chi connectivity index (χ2n) is 6.15. The van der Waals surface area contributed by atoms with Crippen LogP contribution < -0.4 is 11.5 Å². The topological polar surface area (TPSA) is 124 Å². The van der Waals surface area contributed by atoms with Crippen LogP contribution in [0, 0.1) is 0 Å². The zero-order valence-electron chi connectivity index (χ0n) is 15.4. The fourth-order valence-corrected chi connectivity index (χ4v) is 3.41. The molecule has 29 heavy (non-hydrogen) atoms. The van der Waals surface area contributed by atoms with E-state index < -0.39 is 30.8 Å². The van der Waals surface area contributed by atoms with Gasteiger partial charge in [-0.1, -0.05) is 24.3 Å². The molecule has 148 valence electrons. The molecule has 0 atom stereocenters. The minimum atomic E-state index is -0.732. The highest BCUT2D eigenvalue weighted by molar-refractivity contribution is 7.13. The quantitative estimate of drug-likeness (QED) is 0.546. The van der Waals surface area contributed by atoms with Gasteiger partial charge in [-0.3, -0.25) is 14.4 Å². The molecule has 3 aromatic rings. The zero-order valence-corrected chi connectivity index (χ0v) is 16.2. The van der Waals surface area contributed by atoms with Crippen molar-refractivity contribution in [2.75, 3.05) is 13.1 Å². The molecular formula is C20H19N5O3S. The van der Waals surface area contributed by atoms with E-state index in [4.69, 9.17) is 11.5 Å². The zero-order chi connectivity index (χ0) is 20.8. The molecule has 0 bridgehead atoms. The molecule has 9 heteroatoms. The number of benzene rings is 1. The van der Waals surface area contributed by atoms with Crippen molar-refractivity contribution in [3.05, 3.63) is 65.7 Å². The van der Waals surface area contributed by atoms with Crippen LogP contribution >= 0.6 is 11.3 Å². The number of nitrogens with two attached hydrogens (primary N) is 2. The van der Waals surface area contributed by atoms with E-state index in [1.54, 1.807) is 17.0 Å². The Balaban J connectivity index is 1.92. The summed E-state index contributed by atoms with van der Waals surface area (Å²) in [6.45, 7) is -0.791. The van der Waals surface area contributed by atoms with Gasteiger partial charge in [0, 0.05) is 17.8 Å². The van der Waals surface area contributed by atoms with Gasteiger partial charge in [-0.25, -0.2) is 4.68 Å². The molecular weight excluding hydrogens is 390 g/mol. The average Bonchev–Trinajstić information content (AvgIpc) is 3.35. The van der Waals surface area contributed by atoms with Gasteiger partial charge in [0.15, 0.2) is 0 Å². The molecule has 1 aromatic carbocycles. The highest BCUT2D eigenvalue weighted by Crippen LogP contribution is 2.28. The predicted molar refractivity (Wildman–Crippen MR) is 111 cm³/mol. The first-order valence-electron chi connectivity index (χ1n) is 8.66. The number of rotatable bonds is 8. The van der Waals surface area contributed by atoms with Crippen LogP contribution in [0.15, 0.2) is 60.1 Å². The first kappa shape index (κ1) is 20.0. The Labute approximate surface area is 171 Å². The maximum Gasteiger partial charge on any atom is 0.247 e. The summed E-state index contributed by atoms with van der Waals surface area (Å²) >= 11 is 1.53. The van der Waals surface area contributed by atoms with E-state index in [-0.39, 0.29) is 0 Å². The van der Waals surface area contributed by atoms with Crippen LogP contribution in [0.1, 0.15) is 5.56 Å². The largest absolute Gasteiger partial charge is 0.368 e. The van der Waals surface area contributed by atoms with E-state index in [1.165, 1.54) is 17.4 Å². The van der Waals surface area contributed by atoms with Gasteiger partial charge < -0.3 is 16.4 Å². The lowest BCUT2D eigenvalue weighted by Gasteiger charge is -2.17. The summed E-state index contributed by atoms with van der Waals surface area (Å²) in [5, 5.41) is 6.59. The van der Waals surface area contributed by atoms with Crippen molar-refractivity contribution < 1.29 is 14.4 Å². The minimum absolute atomic E-state index is 0.396. The third kappa shape index (κ3) is 5.17. The molecule has 8 nitrogen and oxygen atoms in total. The van der Waals surface area contributed by atoms with Crippen LogP contribution in [0.25, 0.3) is 22.3 Å². The Kier molecular flexibility index (Phi) is 6.20. The van der Waals surface area contributed by atoms with Gasteiger partial charge in [0.05, 0.1) is 10.6 Å². The molecule has 0 fully saturated rings. The van der Waals surface area contributed by atoms with E-state index in [2.05, 4.69) is 5.10 Å². The van der Waals surface area contributed by atoms with Gasteiger partial charge >= 0.3 is 0 Å². The smallest absolute Gasteiger partial charge is 0.247 e. The molecule has 0 aliphatic heterocycles. The van der Waals surface area contributed by atoms with Gasteiger partial charge in [0.25, 0.3) is 0 Å². The molecule has 0 saturated carbocycles. The van der Waals surface area contributed by atoms with Gasteiger partial charge in [-0.05, 0) is 29.7 Å². The monoisotopic (exact) mass is 409 g/mol. The predicted octanol–water partition coefficient (Wildman–Crippen LogP) is 1.41. The van der Waals surface area contributed by atoms with Gasteiger partial charge in [0.1, 0.15) is 18.8 Å². The first-order chi connectivity index (χ1) is 13.9. The summed E-state index contributed by atoms with van der Waals surface area (Å²) in [7, 11) is 0. The number of carbonyl (C=O) groups is 3. The molecule has 0 radical (unpaired) electrons. The molecule has 4 N–H and O–H groups in total. The lowest BCUT2D eigenvalue weighted by atomic mass is 10.2. The van der Waals surface area contributed by atoms with E-state index >= 15 is 0 Å². The van der Waals surface area contributed by atoms with E-state index in [1.807, 2.05) is 47.8 Å². The standard InChI is InChI=1S/C20H19N5O3S/c21-17(26)12-24(13-18(22)27)19(28)9-8-14-11-25(15-5-2-1-3-6-15)23-20(14)16-7-4-10-29-16/h1-11H,12-13H2,(H2,21,26)(H2,22,27)/b9-8+. The Hall–Kier alpha value is -3.72. The van der Waals surface area contributed by atoms with Crippen LogP contribution in [-0.4, -0.2) is 45.5 Å². The third-order valence-electron chi connectivity index (χ3n) is 3.93. The van der Waals surface area contributed by atoms with Gasteiger partial charge in [-0.15, -0.1) is 11.3 Å². The molecule has 0 unspecified atom stereocenters. The number of amides is 3. The number of hydrogen-bond donors (Lipinski definition) is 2. The Morgan fingerprint density at radius 3 is 2.31 bits per heavy atom. The normalized spacial score (nSPS) is 10.9. The van der Waals surface area contributed by atoms with Crippen molar-refractivity contribution in [3.63, 3.8) is 0 Å². The minimum Gasteiger partial charge on any atom is -0.368 e. The highest BCUT2D eigenvalue weighted by Gasteiger charge is 2.17. The highest BCUT2D eigenvalue weighted by atomic mass is 32.1. The van der Waals surface area contributed by atoms with Gasteiger partial charge in [0.2, 0.25) is 17.7 Å². The third-order valence-corrected chi connectivity index (χ3v) is 4.80. The summed E-state index contributed by atoms with van der Waals surface area (Å²) < 4.78 is 1.73. The molecule has 0 aliphatic rings. The van der Waals surface area contributed by atoms with Crippen LogP contribution in [0.2, 0.25) is 0 Å². The molecule has 2 heterocycles. The lowest BCUT2D eigenvalue weighted by molar-refractivity contribution is -0.134. The Morgan fingerprint density at radius 1 is 1.03 bits per heavy atom. The van der Waals surface area contributed by atoms with Crippen LogP contribution in [0.4, 0.5) is 0 Å². The number of nitrogens with zero attached hydrogens (tertiary/aromatic N) is 3. The molecule has 3 rings (SSSR count). The lowest BCUT2D eigenvalue weighted by Crippen LogP contribution is -2.42. The number of primary amides is 2. The maximum absolute atomic E-state index is 12.5. The van der Waals surface area contributed by atoms with Crippen LogP contribution in [-0.2, 0) is 14.4 Å². The first-order valence-corrected chi connectivity index (χ1v) is 9.54. The summed E-state index contributed by atoms with van der Waals surface area (Å²) in [5.74, 6) is -2.01. The number of aromatic nitrogens is 2. The fraction of sp³-hybridized carbons (Fsp3) is 0.100. The molecule has 3 amide bonds. The Morgan fingerprint density at radius 2 is 1.72 bits per heavy atom. The maximum atomic E-state index is 12.5. The van der Waals surface area contributed by atoms with E-state index in [0.717, 1.165) is 15.5 Å². The number of para-hydroxylation sites is 1. The molecule has 0 aliphatic carbocycles. The fourth-order valence-electron chi connectivity index (χ4n) is 2.68. The van der Waals surface area contributed by atoms with Crippen molar-refractivity contribution >= 4 is 35.1 Å². The van der Waals surface area contributed by atoms with Crippen molar-refractivity contribution in [2.24, 2.45) is 11.5 Å².